The third-order valence-corrected chi connectivity index (χ3v) is 12.7. The summed E-state index contributed by atoms with van der Waals surface area (Å²) in [6, 6.07) is 0. The summed E-state index contributed by atoms with van der Waals surface area (Å²) in [5.41, 5.74) is -0.683. The molecule has 4 saturated carbocycles. The number of rotatable bonds is 7. The zero-order valence-corrected chi connectivity index (χ0v) is 22.7. The molecule has 13 unspecified atom stereocenters. The predicted molar refractivity (Wildman–Crippen MR) is 135 cm³/mol. The van der Waals surface area contributed by atoms with Gasteiger partial charge in [0.25, 0.3) is 0 Å². The molecule has 196 valence electrons. The number of hydrogen-bond acceptors (Lipinski definition) is 4. The zero-order chi connectivity index (χ0) is 24.6. The molecule has 0 amide bonds. The van der Waals surface area contributed by atoms with Gasteiger partial charge in [-0.3, -0.25) is 0 Å². The molecule has 1 aliphatic heterocycles. The monoisotopic (exact) mass is 476 g/mol. The summed E-state index contributed by atoms with van der Waals surface area (Å²) in [5, 5.41) is 34.3. The second-order valence-electron chi connectivity index (χ2n) is 14.2. The summed E-state index contributed by atoms with van der Waals surface area (Å²) < 4.78 is 5.93. The molecule has 5 rings (SSSR count). The van der Waals surface area contributed by atoms with E-state index in [1.54, 1.807) is 0 Å². The van der Waals surface area contributed by atoms with Gasteiger partial charge in [0.2, 0.25) is 0 Å². The van der Waals surface area contributed by atoms with E-state index in [9.17, 15) is 15.3 Å². The highest BCUT2D eigenvalue weighted by Gasteiger charge is 2.74. The Kier molecular flexibility index (Phi) is 6.53. The van der Waals surface area contributed by atoms with Gasteiger partial charge < -0.3 is 20.1 Å². The van der Waals surface area contributed by atoms with E-state index < -0.39 is 5.60 Å². The SMILES string of the molecule is CCC(CC(O)C(C)C1CCC2C3C(CCC12C)C1(C)CCC(O)CC1(O)C3C1CO1)C(C)C. The lowest BCUT2D eigenvalue weighted by Gasteiger charge is -2.52. The minimum atomic E-state index is -0.804. The molecule has 0 radical (unpaired) electrons. The van der Waals surface area contributed by atoms with Gasteiger partial charge in [0.1, 0.15) is 0 Å². The van der Waals surface area contributed by atoms with Crippen molar-refractivity contribution in [3.8, 4) is 0 Å². The Morgan fingerprint density at radius 1 is 1.00 bits per heavy atom. The minimum absolute atomic E-state index is 0.107. The van der Waals surface area contributed by atoms with E-state index in [0.717, 1.165) is 32.3 Å². The molecule has 13 atom stereocenters. The van der Waals surface area contributed by atoms with Gasteiger partial charge in [-0.15, -0.1) is 0 Å². The maximum atomic E-state index is 12.3. The molecule has 4 aliphatic carbocycles. The van der Waals surface area contributed by atoms with Crippen LogP contribution in [0.3, 0.4) is 0 Å². The van der Waals surface area contributed by atoms with Crippen molar-refractivity contribution in [3.63, 3.8) is 0 Å². The summed E-state index contributed by atoms with van der Waals surface area (Å²) in [5.74, 6) is 3.85. The molecule has 34 heavy (non-hydrogen) atoms. The first-order chi connectivity index (χ1) is 16.0. The zero-order valence-electron chi connectivity index (χ0n) is 22.7. The molecule has 4 heteroatoms. The van der Waals surface area contributed by atoms with Crippen LogP contribution in [-0.2, 0) is 4.74 Å². The van der Waals surface area contributed by atoms with Gasteiger partial charge in [-0.1, -0.05) is 48.0 Å². The first-order valence-corrected chi connectivity index (χ1v) is 14.7. The van der Waals surface area contributed by atoms with Crippen LogP contribution >= 0.6 is 0 Å². The third kappa shape index (κ3) is 3.59. The molecule has 3 N–H and O–H groups in total. The van der Waals surface area contributed by atoms with Crippen molar-refractivity contribution in [2.45, 2.75) is 123 Å². The molecule has 0 aromatic carbocycles. The average molecular weight is 477 g/mol. The van der Waals surface area contributed by atoms with Crippen molar-refractivity contribution in [1.82, 2.24) is 0 Å². The number of epoxide rings is 1. The van der Waals surface area contributed by atoms with E-state index in [-0.39, 0.29) is 35.1 Å². The van der Waals surface area contributed by atoms with E-state index in [1.165, 1.54) is 25.7 Å². The van der Waals surface area contributed by atoms with Gasteiger partial charge in [0.05, 0.1) is 30.5 Å². The normalized spacial score (nSPS) is 52.6. The molecule has 0 spiro atoms. The predicted octanol–water partition coefficient (Wildman–Crippen LogP) is 5.43. The van der Waals surface area contributed by atoms with Gasteiger partial charge in [-0.2, -0.15) is 0 Å². The topological polar surface area (TPSA) is 73.2 Å². The average Bonchev–Trinajstić information content (AvgIpc) is 3.50. The first-order valence-electron chi connectivity index (χ1n) is 14.7. The molecule has 0 aromatic rings. The van der Waals surface area contributed by atoms with Crippen LogP contribution in [0.15, 0.2) is 0 Å². The number of aliphatic hydroxyl groups is 3. The highest BCUT2D eigenvalue weighted by molar-refractivity contribution is 5.23. The fraction of sp³-hybridized carbons (Fsp3) is 1.00. The van der Waals surface area contributed by atoms with Crippen LogP contribution in [0.4, 0.5) is 0 Å². The van der Waals surface area contributed by atoms with Crippen LogP contribution in [-0.4, -0.2) is 45.8 Å². The van der Waals surface area contributed by atoms with E-state index in [2.05, 4.69) is 41.5 Å². The van der Waals surface area contributed by atoms with Crippen LogP contribution < -0.4 is 0 Å². The number of hydrogen-bond donors (Lipinski definition) is 3. The van der Waals surface area contributed by atoms with Crippen LogP contribution in [0, 0.1) is 58.2 Å². The Hall–Kier alpha value is -0.160. The van der Waals surface area contributed by atoms with Crippen molar-refractivity contribution in [2.24, 2.45) is 58.2 Å². The molecule has 5 aliphatic rings. The van der Waals surface area contributed by atoms with Crippen LogP contribution in [0.5, 0.6) is 0 Å². The van der Waals surface area contributed by atoms with Crippen LogP contribution in [0.2, 0.25) is 0 Å². The molecular formula is C30H52O4. The van der Waals surface area contributed by atoms with Gasteiger partial charge in [0.15, 0.2) is 0 Å². The number of ether oxygens (including phenoxy) is 1. The summed E-state index contributed by atoms with van der Waals surface area (Å²) >= 11 is 0. The standard InChI is InChI=1S/C30H52O4/c1-7-19(17(2)3)14-24(32)18(4)21-8-9-22-26-23(11-12-28(21,22)5)29(6)13-10-20(31)15-30(29,33)27(26)25-16-34-25/h17-27,31-33H,7-16H2,1-6H3. The van der Waals surface area contributed by atoms with Gasteiger partial charge in [-0.05, 0) is 97.2 Å². The highest BCUT2D eigenvalue weighted by atomic mass is 16.6. The lowest BCUT2D eigenvalue weighted by Crippen LogP contribution is -2.55. The lowest BCUT2D eigenvalue weighted by atomic mass is 9.53. The summed E-state index contributed by atoms with van der Waals surface area (Å²) in [6.45, 7) is 14.8. The molecule has 0 aromatic heterocycles. The van der Waals surface area contributed by atoms with Crippen LogP contribution in [0.25, 0.3) is 0 Å². The van der Waals surface area contributed by atoms with E-state index in [1.807, 2.05) is 0 Å². The Bertz CT molecular complexity index is 750. The summed E-state index contributed by atoms with van der Waals surface area (Å²) in [4.78, 5) is 0. The quantitative estimate of drug-likeness (QED) is 0.429. The van der Waals surface area contributed by atoms with Crippen molar-refractivity contribution in [2.75, 3.05) is 6.61 Å². The van der Waals surface area contributed by atoms with Crippen molar-refractivity contribution in [3.05, 3.63) is 0 Å². The lowest BCUT2D eigenvalue weighted by molar-refractivity contribution is -0.155. The van der Waals surface area contributed by atoms with Gasteiger partial charge in [0, 0.05) is 12.3 Å². The fourth-order valence-electron chi connectivity index (χ4n) is 10.6. The van der Waals surface area contributed by atoms with Gasteiger partial charge in [-0.25, -0.2) is 0 Å². The third-order valence-electron chi connectivity index (χ3n) is 12.7. The Morgan fingerprint density at radius 2 is 1.71 bits per heavy atom. The second kappa shape index (κ2) is 8.71. The largest absolute Gasteiger partial charge is 0.393 e. The fourth-order valence-corrected chi connectivity index (χ4v) is 10.6. The molecule has 5 fully saturated rings. The Labute approximate surface area is 208 Å². The molecule has 4 nitrogen and oxygen atoms in total. The van der Waals surface area contributed by atoms with E-state index >= 15 is 0 Å². The van der Waals surface area contributed by atoms with Crippen LogP contribution in [0.1, 0.15) is 99.3 Å². The van der Waals surface area contributed by atoms with E-state index in [0.29, 0.717) is 47.8 Å². The molecule has 1 heterocycles. The smallest absolute Gasteiger partial charge is 0.0868 e. The van der Waals surface area contributed by atoms with Crippen molar-refractivity contribution in [1.29, 1.82) is 0 Å². The second-order valence-corrected chi connectivity index (χ2v) is 14.2. The maximum absolute atomic E-state index is 12.3. The minimum Gasteiger partial charge on any atom is -0.393 e. The number of aliphatic hydroxyl groups excluding tert-OH is 2. The maximum Gasteiger partial charge on any atom is 0.0868 e. The first kappa shape index (κ1) is 25.5. The Balaban J connectivity index is 1.42. The van der Waals surface area contributed by atoms with Crippen molar-refractivity contribution >= 4 is 0 Å². The molecule has 0 bridgehead atoms. The molecular weight excluding hydrogens is 424 g/mol. The van der Waals surface area contributed by atoms with Crippen molar-refractivity contribution < 1.29 is 20.1 Å². The summed E-state index contributed by atoms with van der Waals surface area (Å²) in [7, 11) is 0. The highest BCUT2D eigenvalue weighted by Crippen LogP contribution is 2.74. The Morgan fingerprint density at radius 3 is 2.32 bits per heavy atom. The number of fused-ring (bicyclic) bond motifs is 5. The summed E-state index contributed by atoms with van der Waals surface area (Å²) in [6.07, 6.45) is 8.73. The van der Waals surface area contributed by atoms with Gasteiger partial charge >= 0.3 is 0 Å². The molecule has 1 saturated heterocycles. The van der Waals surface area contributed by atoms with E-state index in [4.69, 9.17) is 4.74 Å².